The van der Waals surface area contributed by atoms with Crippen molar-refractivity contribution in [2.24, 2.45) is 11.8 Å². The lowest BCUT2D eigenvalue weighted by atomic mass is 9.88. The Labute approximate surface area is 173 Å². The quantitative estimate of drug-likeness (QED) is 0.784. The zero-order chi connectivity index (χ0) is 20.9. The molecule has 2 fully saturated rings. The van der Waals surface area contributed by atoms with Crippen molar-refractivity contribution in [3.05, 3.63) is 52.5 Å². The molecular weight excluding hydrogens is 362 g/mol. The smallest absolute Gasteiger partial charge is 0.320 e. The molecule has 2 aliphatic heterocycles. The molecule has 0 unspecified atom stereocenters. The van der Waals surface area contributed by atoms with E-state index in [1.807, 2.05) is 21.0 Å². The summed E-state index contributed by atoms with van der Waals surface area (Å²) in [6.45, 7) is 10.9. The summed E-state index contributed by atoms with van der Waals surface area (Å²) in [6, 6.07) is 8.69. The minimum atomic E-state index is 0.101. The maximum atomic E-state index is 13.0. The summed E-state index contributed by atoms with van der Waals surface area (Å²) in [4.78, 5) is 28.5. The number of carbonyl (C=O) groups excluding carboxylic acids is 1. The van der Waals surface area contributed by atoms with E-state index in [4.69, 9.17) is 4.98 Å². The Morgan fingerprint density at radius 1 is 1.03 bits per heavy atom. The molecule has 2 aliphatic rings. The molecule has 29 heavy (non-hydrogen) atoms. The van der Waals surface area contributed by atoms with E-state index in [2.05, 4.69) is 59.8 Å². The van der Waals surface area contributed by atoms with Gasteiger partial charge in [-0.3, -0.25) is 0 Å². The molecule has 3 heterocycles. The van der Waals surface area contributed by atoms with E-state index in [1.54, 1.807) is 4.90 Å². The summed E-state index contributed by atoms with van der Waals surface area (Å²) in [6.07, 6.45) is 0. The van der Waals surface area contributed by atoms with Crippen LogP contribution in [0.1, 0.15) is 34.3 Å². The van der Waals surface area contributed by atoms with E-state index in [-0.39, 0.29) is 12.1 Å². The van der Waals surface area contributed by atoms with Crippen LogP contribution in [0.2, 0.25) is 0 Å². The van der Waals surface area contributed by atoms with Gasteiger partial charge >= 0.3 is 6.03 Å². The molecule has 6 heteroatoms. The fourth-order valence-electron chi connectivity index (χ4n) is 5.05. The van der Waals surface area contributed by atoms with Crippen molar-refractivity contribution in [1.82, 2.24) is 19.8 Å². The average molecular weight is 394 g/mol. The predicted octanol–water partition coefficient (Wildman–Crippen LogP) is 3.50. The minimum Gasteiger partial charge on any atom is -0.356 e. The van der Waals surface area contributed by atoms with E-state index >= 15 is 0 Å². The Morgan fingerprint density at radius 2 is 1.76 bits per heavy atom. The van der Waals surface area contributed by atoms with Crippen LogP contribution in [-0.2, 0) is 0 Å². The standard InChI is InChI=1S/C23H31N5O/c1-14-9-7-8-10-19(14)21-20-13-27(22-15(2)16(3)24-17(4)25-22)11-18(20)12-28(21)23(29)26(5)6/h7-10,18,20-21H,11-13H2,1-6H3/t18-,20-,21+/m1/s1. The van der Waals surface area contributed by atoms with Crippen LogP contribution in [0.15, 0.2) is 24.3 Å². The van der Waals surface area contributed by atoms with Gasteiger partial charge in [0.1, 0.15) is 11.6 Å². The van der Waals surface area contributed by atoms with Gasteiger partial charge in [-0.15, -0.1) is 0 Å². The van der Waals surface area contributed by atoms with Crippen molar-refractivity contribution in [1.29, 1.82) is 0 Å². The Kier molecular flexibility index (Phi) is 4.97. The molecule has 1 aromatic heterocycles. The number of rotatable bonds is 2. The first-order chi connectivity index (χ1) is 13.8. The molecule has 0 radical (unpaired) electrons. The van der Waals surface area contributed by atoms with Gasteiger partial charge in [0.2, 0.25) is 0 Å². The van der Waals surface area contributed by atoms with Crippen LogP contribution in [0, 0.1) is 39.5 Å². The maximum Gasteiger partial charge on any atom is 0.320 e. The summed E-state index contributed by atoms with van der Waals surface area (Å²) in [5.74, 6) is 2.71. The Bertz CT molecular complexity index is 941. The van der Waals surface area contributed by atoms with Crippen molar-refractivity contribution < 1.29 is 4.79 Å². The number of hydrogen-bond acceptors (Lipinski definition) is 4. The van der Waals surface area contributed by atoms with E-state index in [9.17, 15) is 4.79 Å². The van der Waals surface area contributed by atoms with Crippen LogP contribution >= 0.6 is 0 Å². The molecule has 2 amide bonds. The van der Waals surface area contributed by atoms with Gasteiger partial charge < -0.3 is 14.7 Å². The first-order valence-corrected chi connectivity index (χ1v) is 10.4. The van der Waals surface area contributed by atoms with Crippen LogP contribution in [0.3, 0.4) is 0 Å². The summed E-state index contributed by atoms with van der Waals surface area (Å²) in [5, 5.41) is 0. The molecule has 0 bridgehead atoms. The highest BCUT2D eigenvalue weighted by molar-refractivity contribution is 5.75. The molecule has 2 saturated heterocycles. The van der Waals surface area contributed by atoms with Crippen molar-refractivity contribution >= 4 is 11.8 Å². The van der Waals surface area contributed by atoms with Crippen LogP contribution in [-0.4, -0.2) is 59.5 Å². The predicted molar refractivity (Wildman–Crippen MR) is 115 cm³/mol. The summed E-state index contributed by atoms with van der Waals surface area (Å²) < 4.78 is 0. The number of nitrogens with zero attached hydrogens (tertiary/aromatic N) is 5. The largest absolute Gasteiger partial charge is 0.356 e. The van der Waals surface area contributed by atoms with Gasteiger partial charge in [0, 0.05) is 56.8 Å². The van der Waals surface area contributed by atoms with Crippen molar-refractivity contribution in [2.75, 3.05) is 38.6 Å². The molecule has 0 spiro atoms. The molecule has 2 aromatic rings. The van der Waals surface area contributed by atoms with Crippen LogP contribution < -0.4 is 4.90 Å². The number of aromatic nitrogens is 2. The third-order valence-corrected chi connectivity index (χ3v) is 6.57. The van der Waals surface area contributed by atoms with Crippen LogP contribution in [0.4, 0.5) is 10.6 Å². The number of aryl methyl sites for hydroxylation is 3. The van der Waals surface area contributed by atoms with E-state index in [1.165, 1.54) is 11.1 Å². The Balaban J connectivity index is 1.70. The highest BCUT2D eigenvalue weighted by atomic mass is 16.2. The van der Waals surface area contributed by atoms with Gasteiger partial charge in [-0.1, -0.05) is 24.3 Å². The third-order valence-electron chi connectivity index (χ3n) is 6.57. The lowest BCUT2D eigenvalue weighted by Crippen LogP contribution is -2.41. The summed E-state index contributed by atoms with van der Waals surface area (Å²) >= 11 is 0. The zero-order valence-corrected chi connectivity index (χ0v) is 18.3. The molecular formula is C23H31N5O. The second-order valence-corrected chi connectivity index (χ2v) is 8.76. The second-order valence-electron chi connectivity index (χ2n) is 8.76. The maximum absolute atomic E-state index is 13.0. The van der Waals surface area contributed by atoms with E-state index in [0.29, 0.717) is 11.8 Å². The lowest BCUT2D eigenvalue weighted by molar-refractivity contribution is 0.159. The number of urea groups is 1. The highest BCUT2D eigenvalue weighted by Gasteiger charge is 2.50. The van der Waals surface area contributed by atoms with Crippen LogP contribution in [0.5, 0.6) is 0 Å². The molecule has 4 rings (SSSR count). The Morgan fingerprint density at radius 3 is 2.45 bits per heavy atom. The van der Waals surface area contributed by atoms with E-state index < -0.39 is 0 Å². The zero-order valence-electron chi connectivity index (χ0n) is 18.3. The molecule has 1 aromatic carbocycles. The fraction of sp³-hybridized carbons (Fsp3) is 0.522. The molecule has 154 valence electrons. The SMILES string of the molecule is Cc1nc(C)c(C)c(N2C[C@@H]3CN(C(=O)N(C)C)[C@@H](c4ccccc4C)[C@@H]3C2)n1. The molecule has 6 nitrogen and oxygen atoms in total. The number of anilines is 1. The second kappa shape index (κ2) is 7.32. The molecule has 0 saturated carbocycles. The number of hydrogen-bond donors (Lipinski definition) is 0. The first-order valence-electron chi connectivity index (χ1n) is 10.4. The van der Waals surface area contributed by atoms with Crippen LogP contribution in [0.25, 0.3) is 0 Å². The van der Waals surface area contributed by atoms with Gasteiger partial charge in [-0.2, -0.15) is 0 Å². The number of carbonyl (C=O) groups is 1. The molecule has 0 aliphatic carbocycles. The highest BCUT2D eigenvalue weighted by Crippen LogP contribution is 2.47. The summed E-state index contributed by atoms with van der Waals surface area (Å²) in [5.41, 5.74) is 4.72. The number of amides is 2. The lowest BCUT2D eigenvalue weighted by Gasteiger charge is -2.33. The molecule has 0 N–H and O–H groups in total. The average Bonchev–Trinajstić information content (AvgIpc) is 3.22. The van der Waals surface area contributed by atoms with Crippen molar-refractivity contribution in [3.8, 4) is 0 Å². The number of fused-ring (bicyclic) bond motifs is 1. The van der Waals surface area contributed by atoms with Gasteiger partial charge in [-0.25, -0.2) is 14.8 Å². The van der Waals surface area contributed by atoms with Crippen molar-refractivity contribution in [2.45, 2.75) is 33.7 Å². The monoisotopic (exact) mass is 393 g/mol. The normalized spacial score (nSPS) is 23.4. The minimum absolute atomic E-state index is 0.101. The number of benzene rings is 1. The number of likely N-dealkylation sites (tertiary alicyclic amines) is 1. The van der Waals surface area contributed by atoms with Gasteiger partial charge in [0.15, 0.2) is 0 Å². The van der Waals surface area contributed by atoms with Crippen molar-refractivity contribution in [3.63, 3.8) is 0 Å². The summed E-state index contributed by atoms with van der Waals surface area (Å²) in [7, 11) is 3.68. The van der Waals surface area contributed by atoms with Gasteiger partial charge in [-0.05, 0) is 38.8 Å². The topological polar surface area (TPSA) is 52.6 Å². The fourth-order valence-corrected chi connectivity index (χ4v) is 5.05. The Hall–Kier alpha value is -2.63. The van der Waals surface area contributed by atoms with Gasteiger partial charge in [0.05, 0.1) is 6.04 Å². The first kappa shape index (κ1) is 19.7. The van der Waals surface area contributed by atoms with Gasteiger partial charge in [0.25, 0.3) is 0 Å². The third kappa shape index (κ3) is 3.34. The van der Waals surface area contributed by atoms with E-state index in [0.717, 1.165) is 42.5 Å². The molecule has 3 atom stereocenters.